The highest BCUT2D eigenvalue weighted by Crippen LogP contribution is 2.23. The predicted molar refractivity (Wildman–Crippen MR) is 114 cm³/mol. The number of primary sulfonamides is 1. The molecule has 0 aliphatic rings. The van der Waals surface area contributed by atoms with E-state index < -0.39 is 15.9 Å². The molecule has 0 bridgehead atoms. The molecule has 0 atom stereocenters. The Morgan fingerprint density at radius 1 is 1.00 bits per heavy atom. The number of thiophene rings is 1. The van der Waals surface area contributed by atoms with E-state index in [0.717, 1.165) is 0 Å². The molecular formula is C20H19N3O4S2. The van der Waals surface area contributed by atoms with E-state index in [1.54, 1.807) is 53.9 Å². The van der Waals surface area contributed by atoms with Crippen molar-refractivity contribution in [1.29, 1.82) is 0 Å². The molecule has 0 saturated carbocycles. The molecular weight excluding hydrogens is 410 g/mol. The third-order valence-electron chi connectivity index (χ3n) is 4.18. The van der Waals surface area contributed by atoms with Crippen LogP contribution in [0.25, 0.3) is 0 Å². The summed E-state index contributed by atoms with van der Waals surface area (Å²) >= 11 is 1.29. The first-order valence-electron chi connectivity index (χ1n) is 8.70. The van der Waals surface area contributed by atoms with Crippen molar-refractivity contribution in [3.63, 3.8) is 0 Å². The summed E-state index contributed by atoms with van der Waals surface area (Å²) in [5, 5.41) is 12.5. The van der Waals surface area contributed by atoms with Gasteiger partial charge < -0.3 is 10.6 Å². The van der Waals surface area contributed by atoms with Crippen LogP contribution in [-0.2, 0) is 16.4 Å². The average Bonchev–Trinajstić information content (AvgIpc) is 3.22. The topological polar surface area (TPSA) is 118 Å². The number of hydrogen-bond acceptors (Lipinski definition) is 5. The second kappa shape index (κ2) is 8.56. The van der Waals surface area contributed by atoms with Crippen LogP contribution >= 0.6 is 11.3 Å². The summed E-state index contributed by atoms with van der Waals surface area (Å²) in [6, 6.07) is 14.6. The summed E-state index contributed by atoms with van der Waals surface area (Å²) in [6.45, 7) is 1.81. The summed E-state index contributed by atoms with van der Waals surface area (Å²) in [7, 11) is -3.92. The van der Waals surface area contributed by atoms with Gasteiger partial charge in [0.05, 0.1) is 21.0 Å². The van der Waals surface area contributed by atoms with Gasteiger partial charge in [0, 0.05) is 5.69 Å². The minimum absolute atomic E-state index is 0.0305. The Kier molecular flexibility index (Phi) is 6.12. The maximum Gasteiger partial charge on any atom is 0.265 e. The molecule has 0 unspecified atom stereocenters. The van der Waals surface area contributed by atoms with Gasteiger partial charge in [0.2, 0.25) is 10.0 Å². The fourth-order valence-corrected chi connectivity index (χ4v) is 4.26. The molecule has 2 amide bonds. The summed E-state index contributed by atoms with van der Waals surface area (Å²) < 4.78 is 23.7. The van der Waals surface area contributed by atoms with Gasteiger partial charge in [-0.3, -0.25) is 9.59 Å². The molecule has 29 heavy (non-hydrogen) atoms. The first-order chi connectivity index (χ1) is 13.8. The van der Waals surface area contributed by atoms with Crippen LogP contribution in [0, 0.1) is 0 Å². The van der Waals surface area contributed by atoms with Crippen molar-refractivity contribution < 1.29 is 18.0 Å². The number of nitrogens with one attached hydrogen (secondary N) is 2. The summed E-state index contributed by atoms with van der Waals surface area (Å²) in [5.41, 5.74) is 1.44. The van der Waals surface area contributed by atoms with Crippen LogP contribution in [0.2, 0.25) is 0 Å². The van der Waals surface area contributed by atoms with Gasteiger partial charge in [-0.2, -0.15) is 0 Å². The number of hydrogen-bond donors (Lipinski definition) is 3. The summed E-state index contributed by atoms with van der Waals surface area (Å²) in [5.74, 6) is -0.805. The molecule has 0 fully saturated rings. The molecule has 0 radical (unpaired) electrons. The molecule has 4 N–H and O–H groups in total. The lowest BCUT2D eigenvalue weighted by Gasteiger charge is -2.13. The normalized spacial score (nSPS) is 11.1. The van der Waals surface area contributed by atoms with Crippen LogP contribution in [0.3, 0.4) is 0 Å². The van der Waals surface area contributed by atoms with Gasteiger partial charge in [-0.1, -0.05) is 31.2 Å². The predicted octanol–water partition coefficient (Wildman–Crippen LogP) is 3.46. The Hall–Kier alpha value is -3.01. The third-order valence-corrected chi connectivity index (χ3v) is 6.04. The second-order valence-electron chi connectivity index (χ2n) is 6.15. The number of aryl methyl sites for hydroxylation is 1. The number of para-hydroxylation sites is 1. The number of carbonyl (C=O) groups is 2. The minimum Gasteiger partial charge on any atom is -0.322 e. The highest BCUT2D eigenvalue weighted by molar-refractivity contribution is 7.89. The van der Waals surface area contributed by atoms with E-state index in [0.29, 0.717) is 22.5 Å². The number of anilines is 2. The smallest absolute Gasteiger partial charge is 0.265 e. The van der Waals surface area contributed by atoms with Crippen molar-refractivity contribution in [2.24, 2.45) is 5.14 Å². The monoisotopic (exact) mass is 429 g/mol. The van der Waals surface area contributed by atoms with Gasteiger partial charge in [0.1, 0.15) is 0 Å². The summed E-state index contributed by atoms with van der Waals surface area (Å²) in [6.07, 6.45) is 0.484. The van der Waals surface area contributed by atoms with E-state index in [1.165, 1.54) is 17.4 Å². The zero-order valence-corrected chi connectivity index (χ0v) is 17.1. The molecule has 9 heteroatoms. The third kappa shape index (κ3) is 4.89. The number of sulfonamides is 1. The van der Waals surface area contributed by atoms with Crippen LogP contribution in [-0.4, -0.2) is 20.2 Å². The lowest BCUT2D eigenvalue weighted by Crippen LogP contribution is -2.19. The van der Waals surface area contributed by atoms with Crippen molar-refractivity contribution in [3.05, 3.63) is 76.0 Å². The Bertz CT molecular complexity index is 1160. The van der Waals surface area contributed by atoms with Gasteiger partial charge in [0.15, 0.2) is 0 Å². The van der Waals surface area contributed by atoms with Crippen LogP contribution in [0.5, 0.6) is 0 Å². The molecule has 1 heterocycles. The lowest BCUT2D eigenvalue weighted by atomic mass is 10.1. The van der Waals surface area contributed by atoms with Crippen LogP contribution in [0.4, 0.5) is 11.4 Å². The van der Waals surface area contributed by atoms with Gasteiger partial charge in [-0.25, -0.2) is 13.6 Å². The lowest BCUT2D eigenvalue weighted by molar-refractivity contribution is 0.102. The Labute approximate surface area is 172 Å². The molecule has 3 aromatic rings. The fraction of sp³-hybridized carbons (Fsp3) is 0.100. The Balaban J connectivity index is 1.86. The largest absolute Gasteiger partial charge is 0.322 e. The average molecular weight is 430 g/mol. The molecule has 0 aliphatic heterocycles. The van der Waals surface area contributed by atoms with E-state index in [1.807, 2.05) is 6.92 Å². The van der Waals surface area contributed by atoms with Crippen molar-refractivity contribution >= 4 is 44.5 Å². The Morgan fingerprint density at radius 2 is 1.76 bits per heavy atom. The number of carbonyl (C=O) groups excluding carboxylic acids is 2. The van der Waals surface area contributed by atoms with Gasteiger partial charge in [-0.05, 0) is 47.7 Å². The molecule has 7 nitrogen and oxygen atoms in total. The molecule has 2 aromatic carbocycles. The van der Waals surface area contributed by atoms with Crippen molar-refractivity contribution in [3.8, 4) is 0 Å². The first-order valence-corrected chi connectivity index (χ1v) is 11.1. The molecule has 3 rings (SSSR count). The van der Waals surface area contributed by atoms with Crippen molar-refractivity contribution in [2.75, 3.05) is 10.6 Å². The molecule has 0 saturated heterocycles. The van der Waals surface area contributed by atoms with E-state index in [-0.39, 0.29) is 22.1 Å². The van der Waals surface area contributed by atoms with E-state index >= 15 is 0 Å². The number of benzene rings is 2. The first kappa shape index (κ1) is 20.7. The number of nitrogens with two attached hydrogens (primary N) is 1. The van der Waals surface area contributed by atoms with Crippen LogP contribution in [0.1, 0.15) is 32.5 Å². The van der Waals surface area contributed by atoms with Crippen molar-refractivity contribution in [2.45, 2.75) is 18.2 Å². The highest BCUT2D eigenvalue weighted by atomic mass is 32.2. The standard InChI is InChI=1S/C20H19N3O4S2/c1-2-13-9-10-14(12-18(13)29(21,26)27)22-19(24)15-6-3-4-7-16(15)23-20(25)17-8-5-11-28-17/h3-12H,2H2,1H3,(H,22,24)(H,23,25)(H2,21,26,27). The molecule has 0 spiro atoms. The number of rotatable bonds is 6. The zero-order valence-electron chi connectivity index (χ0n) is 15.5. The Morgan fingerprint density at radius 3 is 2.41 bits per heavy atom. The molecule has 1 aromatic heterocycles. The van der Waals surface area contributed by atoms with Gasteiger partial charge in [-0.15, -0.1) is 11.3 Å². The highest BCUT2D eigenvalue weighted by Gasteiger charge is 2.17. The molecule has 150 valence electrons. The maximum absolute atomic E-state index is 12.8. The second-order valence-corrected chi connectivity index (χ2v) is 8.63. The van der Waals surface area contributed by atoms with Crippen LogP contribution in [0.15, 0.2) is 64.9 Å². The van der Waals surface area contributed by atoms with E-state index in [4.69, 9.17) is 5.14 Å². The minimum atomic E-state index is -3.92. The SMILES string of the molecule is CCc1ccc(NC(=O)c2ccccc2NC(=O)c2cccs2)cc1S(N)(=O)=O. The van der Waals surface area contributed by atoms with Gasteiger partial charge in [0.25, 0.3) is 11.8 Å². The van der Waals surface area contributed by atoms with Crippen LogP contribution < -0.4 is 15.8 Å². The van der Waals surface area contributed by atoms with E-state index in [2.05, 4.69) is 10.6 Å². The fourth-order valence-electron chi connectivity index (χ4n) is 2.77. The van der Waals surface area contributed by atoms with Gasteiger partial charge >= 0.3 is 0 Å². The number of amides is 2. The summed E-state index contributed by atoms with van der Waals surface area (Å²) in [4.78, 5) is 25.6. The maximum atomic E-state index is 12.8. The van der Waals surface area contributed by atoms with E-state index in [9.17, 15) is 18.0 Å². The zero-order chi connectivity index (χ0) is 21.0. The van der Waals surface area contributed by atoms with Crippen molar-refractivity contribution in [1.82, 2.24) is 0 Å². The molecule has 0 aliphatic carbocycles. The quantitative estimate of drug-likeness (QED) is 0.556.